The molecule has 0 aromatic heterocycles. The summed E-state index contributed by atoms with van der Waals surface area (Å²) in [6, 6.07) is 3.67. The number of carbonyl (C=O) groups excluding carboxylic acids is 3. The molecule has 25 heavy (non-hydrogen) atoms. The van der Waals surface area contributed by atoms with Crippen molar-refractivity contribution in [2.75, 3.05) is 13.7 Å². The van der Waals surface area contributed by atoms with E-state index < -0.39 is 24.0 Å². The average Bonchev–Trinajstić information content (AvgIpc) is 2.55. The molecular formula is C17H20N2O6. The van der Waals surface area contributed by atoms with Gasteiger partial charge in [0.25, 0.3) is 0 Å². The molecule has 2 amide bonds. The van der Waals surface area contributed by atoms with Gasteiger partial charge in [-0.25, -0.2) is 9.59 Å². The monoisotopic (exact) mass is 348 g/mol. The fourth-order valence-electron chi connectivity index (χ4n) is 2.54. The van der Waals surface area contributed by atoms with Crippen molar-refractivity contribution in [3.63, 3.8) is 0 Å². The summed E-state index contributed by atoms with van der Waals surface area (Å²) in [5.74, 6) is -0.435. The molecule has 1 aromatic carbocycles. The van der Waals surface area contributed by atoms with E-state index in [0.29, 0.717) is 23.6 Å². The number of hydrogen-bond donors (Lipinski definition) is 2. The zero-order chi connectivity index (χ0) is 18.6. The first-order valence-electron chi connectivity index (χ1n) is 7.69. The summed E-state index contributed by atoms with van der Waals surface area (Å²) in [4.78, 5) is 35.2. The Hall–Kier alpha value is -3.03. The van der Waals surface area contributed by atoms with Crippen LogP contribution in [0.5, 0.6) is 11.5 Å². The van der Waals surface area contributed by atoms with Crippen LogP contribution in [0.2, 0.25) is 0 Å². The molecule has 8 heteroatoms. The van der Waals surface area contributed by atoms with Crippen LogP contribution in [0.3, 0.4) is 0 Å². The number of hydrogen-bond acceptors (Lipinski definition) is 6. The van der Waals surface area contributed by atoms with Crippen molar-refractivity contribution in [1.82, 2.24) is 10.6 Å². The molecule has 1 atom stereocenters. The van der Waals surface area contributed by atoms with Gasteiger partial charge in [-0.2, -0.15) is 0 Å². The smallest absolute Gasteiger partial charge is 0.337 e. The predicted octanol–water partition coefficient (Wildman–Crippen LogP) is 1.81. The number of amides is 2. The van der Waals surface area contributed by atoms with Gasteiger partial charge in [-0.05, 0) is 31.5 Å². The zero-order valence-electron chi connectivity index (χ0n) is 14.5. The minimum atomic E-state index is -0.716. The summed E-state index contributed by atoms with van der Waals surface area (Å²) in [5.41, 5.74) is 1.28. The molecule has 2 N–H and O–H groups in total. The maximum Gasteiger partial charge on any atom is 0.337 e. The van der Waals surface area contributed by atoms with Crippen LogP contribution in [0.1, 0.15) is 32.4 Å². The Morgan fingerprint density at radius 1 is 1.24 bits per heavy atom. The van der Waals surface area contributed by atoms with E-state index >= 15 is 0 Å². The molecule has 1 aliphatic heterocycles. The minimum Gasteiger partial charge on any atom is -0.490 e. The molecule has 2 rings (SSSR count). The number of rotatable bonds is 5. The van der Waals surface area contributed by atoms with E-state index in [1.807, 2.05) is 0 Å². The number of urea groups is 1. The SMILES string of the molecule is CCOc1cc([C@H]2NC(=O)NC(C)=C2C(=O)OC)ccc1OC(C)=O. The molecule has 134 valence electrons. The van der Waals surface area contributed by atoms with Crippen molar-refractivity contribution in [2.24, 2.45) is 0 Å². The van der Waals surface area contributed by atoms with E-state index in [1.165, 1.54) is 14.0 Å². The van der Waals surface area contributed by atoms with E-state index in [2.05, 4.69) is 10.6 Å². The lowest BCUT2D eigenvalue weighted by Crippen LogP contribution is -2.45. The first-order valence-corrected chi connectivity index (χ1v) is 7.69. The van der Waals surface area contributed by atoms with Gasteiger partial charge in [-0.15, -0.1) is 0 Å². The van der Waals surface area contributed by atoms with Gasteiger partial charge < -0.3 is 24.8 Å². The third kappa shape index (κ3) is 4.09. The third-order valence-electron chi connectivity index (χ3n) is 3.53. The fourth-order valence-corrected chi connectivity index (χ4v) is 2.54. The molecule has 0 aliphatic carbocycles. The zero-order valence-corrected chi connectivity index (χ0v) is 14.5. The number of methoxy groups -OCH3 is 1. The third-order valence-corrected chi connectivity index (χ3v) is 3.53. The topological polar surface area (TPSA) is 103 Å². The van der Waals surface area contributed by atoms with Gasteiger partial charge in [0.2, 0.25) is 0 Å². The average molecular weight is 348 g/mol. The van der Waals surface area contributed by atoms with Gasteiger partial charge in [0.15, 0.2) is 11.5 Å². The maximum absolute atomic E-state index is 12.1. The molecule has 8 nitrogen and oxygen atoms in total. The number of ether oxygens (including phenoxy) is 3. The van der Waals surface area contributed by atoms with Crippen molar-refractivity contribution in [2.45, 2.75) is 26.8 Å². The Morgan fingerprint density at radius 2 is 1.96 bits per heavy atom. The van der Waals surface area contributed by atoms with Crippen molar-refractivity contribution in [3.8, 4) is 11.5 Å². The molecule has 0 fully saturated rings. The highest BCUT2D eigenvalue weighted by molar-refractivity contribution is 5.95. The summed E-state index contributed by atoms with van der Waals surface area (Å²) in [5, 5.41) is 5.24. The highest BCUT2D eigenvalue weighted by atomic mass is 16.6. The lowest BCUT2D eigenvalue weighted by atomic mass is 9.95. The van der Waals surface area contributed by atoms with Crippen LogP contribution in [0, 0.1) is 0 Å². The van der Waals surface area contributed by atoms with Gasteiger partial charge in [-0.1, -0.05) is 6.07 Å². The molecule has 1 aromatic rings. The maximum atomic E-state index is 12.1. The van der Waals surface area contributed by atoms with Gasteiger partial charge in [0.05, 0.1) is 25.3 Å². The molecule has 0 radical (unpaired) electrons. The molecule has 0 bridgehead atoms. The number of esters is 2. The molecule has 1 aliphatic rings. The van der Waals surface area contributed by atoms with Gasteiger partial charge in [-0.3, -0.25) is 4.79 Å². The lowest BCUT2D eigenvalue weighted by Gasteiger charge is -2.28. The van der Waals surface area contributed by atoms with Gasteiger partial charge >= 0.3 is 18.0 Å². The van der Waals surface area contributed by atoms with Crippen LogP contribution < -0.4 is 20.1 Å². The normalized spacial score (nSPS) is 16.6. The van der Waals surface area contributed by atoms with E-state index in [1.54, 1.807) is 32.0 Å². The molecular weight excluding hydrogens is 328 g/mol. The second kappa shape index (κ2) is 7.69. The Morgan fingerprint density at radius 3 is 2.56 bits per heavy atom. The van der Waals surface area contributed by atoms with Gasteiger partial charge in [0.1, 0.15) is 0 Å². The number of carbonyl (C=O) groups is 3. The molecule has 0 saturated carbocycles. The summed E-state index contributed by atoms with van der Waals surface area (Å²) in [6.45, 7) is 5.06. The summed E-state index contributed by atoms with van der Waals surface area (Å²) >= 11 is 0. The second-order valence-electron chi connectivity index (χ2n) is 5.29. The van der Waals surface area contributed by atoms with Crippen molar-refractivity contribution in [3.05, 3.63) is 35.0 Å². The highest BCUT2D eigenvalue weighted by Crippen LogP contribution is 2.34. The Labute approximate surface area is 145 Å². The van der Waals surface area contributed by atoms with Crippen LogP contribution in [0.15, 0.2) is 29.5 Å². The highest BCUT2D eigenvalue weighted by Gasteiger charge is 2.32. The van der Waals surface area contributed by atoms with Crippen LogP contribution in [0.25, 0.3) is 0 Å². The largest absolute Gasteiger partial charge is 0.490 e. The summed E-state index contributed by atoms with van der Waals surface area (Å²) < 4.78 is 15.4. The van der Waals surface area contributed by atoms with E-state index in [0.717, 1.165) is 0 Å². The van der Waals surface area contributed by atoms with Crippen molar-refractivity contribution < 1.29 is 28.6 Å². The Balaban J connectivity index is 2.49. The number of allylic oxidation sites excluding steroid dienone is 1. The first-order chi connectivity index (χ1) is 11.9. The van der Waals surface area contributed by atoms with Crippen LogP contribution in [-0.4, -0.2) is 31.7 Å². The van der Waals surface area contributed by atoms with Crippen molar-refractivity contribution in [1.29, 1.82) is 0 Å². The van der Waals surface area contributed by atoms with E-state index in [-0.39, 0.29) is 11.3 Å². The standard InChI is InChI=1S/C17H20N2O6/c1-5-24-13-8-11(6-7-12(13)25-10(3)20)15-14(16(21)23-4)9(2)18-17(22)19-15/h6-8,15H,5H2,1-4H3,(H2,18,19,22)/t15-/m1/s1. The van der Waals surface area contributed by atoms with Crippen LogP contribution in [-0.2, 0) is 14.3 Å². The van der Waals surface area contributed by atoms with E-state index in [4.69, 9.17) is 14.2 Å². The Kier molecular flexibility index (Phi) is 5.63. The lowest BCUT2D eigenvalue weighted by molar-refractivity contribution is -0.136. The number of nitrogens with one attached hydrogen (secondary N) is 2. The van der Waals surface area contributed by atoms with Crippen molar-refractivity contribution >= 4 is 18.0 Å². The molecule has 0 saturated heterocycles. The summed E-state index contributed by atoms with van der Waals surface area (Å²) in [7, 11) is 1.27. The van der Waals surface area contributed by atoms with Crippen LogP contribution >= 0.6 is 0 Å². The van der Waals surface area contributed by atoms with Crippen LogP contribution in [0.4, 0.5) is 4.79 Å². The second-order valence-corrected chi connectivity index (χ2v) is 5.29. The minimum absolute atomic E-state index is 0.263. The predicted molar refractivity (Wildman–Crippen MR) is 88.0 cm³/mol. The van der Waals surface area contributed by atoms with Gasteiger partial charge in [0, 0.05) is 12.6 Å². The number of benzene rings is 1. The molecule has 1 heterocycles. The Bertz CT molecular complexity index is 741. The quantitative estimate of drug-likeness (QED) is 0.621. The molecule has 0 unspecified atom stereocenters. The fraction of sp³-hybridized carbons (Fsp3) is 0.353. The van der Waals surface area contributed by atoms with E-state index in [9.17, 15) is 14.4 Å². The summed E-state index contributed by atoms with van der Waals surface area (Å²) in [6.07, 6.45) is 0. The molecule has 0 spiro atoms. The first kappa shape index (κ1) is 18.3.